The molecular formula is C18H18FN5O2. The van der Waals surface area contributed by atoms with Crippen LogP contribution in [0.1, 0.15) is 23.1 Å². The van der Waals surface area contributed by atoms with Gasteiger partial charge in [-0.25, -0.2) is 9.37 Å². The molecule has 3 aromatic rings. The lowest BCUT2D eigenvalue weighted by Gasteiger charge is -2.06. The Morgan fingerprint density at radius 3 is 2.73 bits per heavy atom. The number of H-pyrrole nitrogens is 1. The molecule has 2 heterocycles. The number of aromatic amines is 1. The van der Waals surface area contributed by atoms with E-state index >= 15 is 0 Å². The Bertz CT molecular complexity index is 962. The van der Waals surface area contributed by atoms with Crippen LogP contribution in [0, 0.1) is 5.82 Å². The summed E-state index contributed by atoms with van der Waals surface area (Å²) < 4.78 is 14.4. The lowest BCUT2D eigenvalue weighted by molar-refractivity contribution is 0.0947. The summed E-state index contributed by atoms with van der Waals surface area (Å²) in [6.45, 7) is 2.52. The van der Waals surface area contributed by atoms with Gasteiger partial charge in [0.2, 0.25) is 0 Å². The number of amides is 1. The van der Waals surface area contributed by atoms with E-state index in [1.54, 1.807) is 18.2 Å². The van der Waals surface area contributed by atoms with Crippen LogP contribution in [0.2, 0.25) is 0 Å². The molecule has 1 aromatic carbocycles. The van der Waals surface area contributed by atoms with E-state index in [-0.39, 0.29) is 29.5 Å². The number of aromatic nitrogens is 4. The first-order valence-electron chi connectivity index (χ1n) is 8.21. The smallest absolute Gasteiger partial charge is 0.269 e. The van der Waals surface area contributed by atoms with Crippen molar-refractivity contribution in [1.29, 1.82) is 0 Å². The Kier molecular flexibility index (Phi) is 5.21. The van der Waals surface area contributed by atoms with E-state index in [4.69, 9.17) is 0 Å². The predicted molar refractivity (Wildman–Crippen MR) is 94.2 cm³/mol. The second-order valence-electron chi connectivity index (χ2n) is 5.70. The number of carbonyl (C=O) groups is 1. The Hall–Kier alpha value is -3.29. The van der Waals surface area contributed by atoms with Crippen molar-refractivity contribution in [3.63, 3.8) is 0 Å². The van der Waals surface area contributed by atoms with Gasteiger partial charge in [0.25, 0.3) is 11.5 Å². The molecule has 1 amide bonds. The highest BCUT2D eigenvalue weighted by molar-refractivity contribution is 5.93. The SMILES string of the molecule is CCc1cc(=O)n(CCNC(=O)c2cc(-c3ccc(F)cc3)n[nH]2)cn1. The molecule has 26 heavy (non-hydrogen) atoms. The molecule has 2 aromatic heterocycles. The van der Waals surface area contributed by atoms with Crippen molar-refractivity contribution in [2.75, 3.05) is 6.54 Å². The molecule has 0 spiro atoms. The van der Waals surface area contributed by atoms with E-state index in [1.807, 2.05) is 6.92 Å². The van der Waals surface area contributed by atoms with Crippen LogP contribution >= 0.6 is 0 Å². The van der Waals surface area contributed by atoms with Gasteiger partial charge in [0.05, 0.1) is 12.0 Å². The van der Waals surface area contributed by atoms with Gasteiger partial charge in [0, 0.05) is 30.4 Å². The van der Waals surface area contributed by atoms with Crippen molar-refractivity contribution in [2.45, 2.75) is 19.9 Å². The first kappa shape index (κ1) is 17.5. The normalized spacial score (nSPS) is 10.7. The maximum absolute atomic E-state index is 13.0. The van der Waals surface area contributed by atoms with Crippen LogP contribution in [0.25, 0.3) is 11.3 Å². The van der Waals surface area contributed by atoms with Crippen molar-refractivity contribution >= 4 is 5.91 Å². The second-order valence-corrected chi connectivity index (χ2v) is 5.70. The topological polar surface area (TPSA) is 92.7 Å². The third-order valence-electron chi connectivity index (χ3n) is 3.90. The molecule has 0 atom stereocenters. The maximum atomic E-state index is 13.0. The van der Waals surface area contributed by atoms with Gasteiger partial charge in [-0.1, -0.05) is 6.92 Å². The molecule has 0 aliphatic rings. The summed E-state index contributed by atoms with van der Waals surface area (Å²) in [7, 11) is 0. The highest BCUT2D eigenvalue weighted by Gasteiger charge is 2.11. The lowest BCUT2D eigenvalue weighted by atomic mass is 10.1. The monoisotopic (exact) mass is 355 g/mol. The van der Waals surface area contributed by atoms with Crippen LogP contribution in [0.4, 0.5) is 4.39 Å². The highest BCUT2D eigenvalue weighted by atomic mass is 19.1. The lowest BCUT2D eigenvalue weighted by Crippen LogP contribution is -2.31. The predicted octanol–water partition coefficient (Wildman–Crippen LogP) is 1.76. The molecule has 0 saturated carbocycles. The van der Waals surface area contributed by atoms with Crippen molar-refractivity contribution < 1.29 is 9.18 Å². The average molecular weight is 355 g/mol. The standard InChI is InChI=1S/C18H18FN5O2/c1-2-14-9-17(25)24(11-21-14)8-7-20-18(26)16-10-15(22-23-16)12-3-5-13(19)6-4-12/h3-6,9-11H,2,7-8H2,1H3,(H,20,26)(H,22,23). The van der Waals surface area contributed by atoms with E-state index in [2.05, 4.69) is 20.5 Å². The number of hydrogen-bond donors (Lipinski definition) is 2. The zero-order valence-corrected chi connectivity index (χ0v) is 14.2. The van der Waals surface area contributed by atoms with Gasteiger partial charge in [-0.3, -0.25) is 19.3 Å². The fourth-order valence-electron chi connectivity index (χ4n) is 2.42. The van der Waals surface area contributed by atoms with Crippen molar-refractivity contribution in [2.24, 2.45) is 0 Å². The number of carbonyl (C=O) groups excluding carboxylic acids is 1. The third-order valence-corrected chi connectivity index (χ3v) is 3.90. The Morgan fingerprint density at radius 2 is 2.04 bits per heavy atom. The van der Waals surface area contributed by atoms with E-state index in [9.17, 15) is 14.0 Å². The summed E-state index contributed by atoms with van der Waals surface area (Å²) in [4.78, 5) is 28.2. The molecule has 134 valence electrons. The van der Waals surface area contributed by atoms with Gasteiger partial charge in [-0.05, 0) is 36.8 Å². The molecule has 0 aliphatic heterocycles. The van der Waals surface area contributed by atoms with Crippen LogP contribution in [-0.2, 0) is 13.0 Å². The number of halogens is 1. The van der Waals surface area contributed by atoms with Gasteiger partial charge < -0.3 is 5.32 Å². The zero-order chi connectivity index (χ0) is 18.5. The van der Waals surface area contributed by atoms with Crippen molar-refractivity contribution in [1.82, 2.24) is 25.1 Å². The van der Waals surface area contributed by atoms with Crippen LogP contribution in [0.15, 0.2) is 47.5 Å². The number of benzene rings is 1. The number of hydrogen-bond acceptors (Lipinski definition) is 4. The van der Waals surface area contributed by atoms with Gasteiger partial charge in [0.1, 0.15) is 11.5 Å². The summed E-state index contributed by atoms with van der Waals surface area (Å²) in [5, 5.41) is 9.44. The first-order valence-corrected chi connectivity index (χ1v) is 8.21. The second kappa shape index (κ2) is 7.73. The highest BCUT2D eigenvalue weighted by Crippen LogP contribution is 2.17. The van der Waals surface area contributed by atoms with Crippen LogP contribution in [0.5, 0.6) is 0 Å². The minimum Gasteiger partial charge on any atom is -0.349 e. The summed E-state index contributed by atoms with van der Waals surface area (Å²) in [6.07, 6.45) is 2.18. The molecule has 3 rings (SSSR count). The first-order chi connectivity index (χ1) is 12.6. The zero-order valence-electron chi connectivity index (χ0n) is 14.2. The Morgan fingerprint density at radius 1 is 1.27 bits per heavy atom. The average Bonchev–Trinajstić information content (AvgIpc) is 3.13. The van der Waals surface area contributed by atoms with Gasteiger partial charge in [-0.15, -0.1) is 0 Å². The van der Waals surface area contributed by atoms with Crippen molar-refractivity contribution in [3.05, 3.63) is 70.3 Å². The molecule has 0 fully saturated rings. The maximum Gasteiger partial charge on any atom is 0.269 e. The molecule has 2 N–H and O–H groups in total. The molecule has 0 saturated heterocycles. The molecule has 0 bridgehead atoms. The fraction of sp³-hybridized carbons (Fsp3) is 0.222. The number of aryl methyl sites for hydroxylation is 1. The van der Waals surface area contributed by atoms with E-state index in [0.717, 1.165) is 5.69 Å². The quantitative estimate of drug-likeness (QED) is 0.705. The van der Waals surface area contributed by atoms with E-state index in [1.165, 1.54) is 29.1 Å². The van der Waals surface area contributed by atoms with E-state index in [0.29, 0.717) is 24.2 Å². The molecule has 7 nitrogen and oxygen atoms in total. The third kappa shape index (κ3) is 4.02. The number of nitrogens with zero attached hydrogens (tertiary/aromatic N) is 3. The van der Waals surface area contributed by atoms with Gasteiger partial charge >= 0.3 is 0 Å². The van der Waals surface area contributed by atoms with Crippen LogP contribution < -0.4 is 10.9 Å². The largest absolute Gasteiger partial charge is 0.349 e. The van der Waals surface area contributed by atoms with Gasteiger partial charge in [0.15, 0.2) is 0 Å². The Labute approximate surface area is 148 Å². The molecule has 0 unspecified atom stereocenters. The fourth-order valence-corrected chi connectivity index (χ4v) is 2.42. The summed E-state index contributed by atoms with van der Waals surface area (Å²) in [5.74, 6) is -0.670. The molecule has 0 aliphatic carbocycles. The number of rotatable bonds is 6. The molecular weight excluding hydrogens is 337 g/mol. The molecule has 8 heteroatoms. The Balaban J connectivity index is 1.59. The van der Waals surface area contributed by atoms with Gasteiger partial charge in [-0.2, -0.15) is 5.10 Å². The van der Waals surface area contributed by atoms with E-state index < -0.39 is 0 Å². The molecule has 0 radical (unpaired) electrons. The summed E-state index contributed by atoms with van der Waals surface area (Å²) in [5.41, 5.74) is 2.13. The minimum absolute atomic E-state index is 0.147. The van der Waals surface area contributed by atoms with Crippen molar-refractivity contribution in [3.8, 4) is 11.3 Å². The summed E-state index contributed by atoms with van der Waals surface area (Å²) >= 11 is 0. The number of nitrogens with one attached hydrogen (secondary N) is 2. The minimum atomic E-state index is -0.336. The van der Waals surface area contributed by atoms with Crippen LogP contribution in [0.3, 0.4) is 0 Å². The van der Waals surface area contributed by atoms with Crippen LogP contribution in [-0.4, -0.2) is 32.2 Å². The summed E-state index contributed by atoms with van der Waals surface area (Å²) in [6, 6.07) is 8.93.